The number of nitrogens with zero attached hydrogens (tertiary/aromatic N) is 2. The van der Waals surface area contributed by atoms with E-state index in [-0.39, 0.29) is 12.1 Å². The van der Waals surface area contributed by atoms with Gasteiger partial charge in [-0.3, -0.25) is 4.68 Å². The molecule has 0 amide bonds. The summed E-state index contributed by atoms with van der Waals surface area (Å²) in [5.41, 5.74) is 0.565. The number of hydrogen-bond acceptors (Lipinski definition) is 3. The standard InChI is InChI=1S/C8H9IN2O2/c1-11-7(9)6(4-10-11)8(12)13-5-2-3-5/h4-5H,2-3H2,1H3. The monoisotopic (exact) mass is 292 g/mol. The van der Waals surface area contributed by atoms with E-state index in [4.69, 9.17) is 4.74 Å². The smallest absolute Gasteiger partial charge is 0.342 e. The summed E-state index contributed by atoms with van der Waals surface area (Å²) in [7, 11) is 1.80. The molecule has 5 heteroatoms. The first kappa shape index (κ1) is 8.98. The zero-order chi connectivity index (χ0) is 9.42. The average Bonchev–Trinajstić information content (AvgIpc) is 2.82. The molecule has 13 heavy (non-hydrogen) atoms. The van der Waals surface area contributed by atoms with E-state index in [9.17, 15) is 4.79 Å². The van der Waals surface area contributed by atoms with Gasteiger partial charge in [-0.15, -0.1) is 0 Å². The third-order valence-corrected chi connectivity index (χ3v) is 3.16. The van der Waals surface area contributed by atoms with Gasteiger partial charge in [-0.2, -0.15) is 5.10 Å². The number of esters is 1. The van der Waals surface area contributed by atoms with Crippen molar-refractivity contribution in [3.63, 3.8) is 0 Å². The quantitative estimate of drug-likeness (QED) is 0.610. The van der Waals surface area contributed by atoms with Crippen LogP contribution < -0.4 is 0 Å². The summed E-state index contributed by atoms with van der Waals surface area (Å²) in [5, 5.41) is 3.97. The van der Waals surface area contributed by atoms with Gasteiger partial charge in [-0.25, -0.2) is 4.79 Å². The Hall–Kier alpha value is -0.590. The fraction of sp³-hybridized carbons (Fsp3) is 0.500. The van der Waals surface area contributed by atoms with Crippen molar-refractivity contribution in [3.8, 4) is 0 Å². The van der Waals surface area contributed by atoms with Crippen molar-refractivity contribution in [2.75, 3.05) is 0 Å². The lowest BCUT2D eigenvalue weighted by Gasteiger charge is -2.00. The molecule has 0 atom stereocenters. The summed E-state index contributed by atoms with van der Waals surface area (Å²) in [6.07, 6.45) is 3.71. The molecule has 2 rings (SSSR count). The van der Waals surface area contributed by atoms with Crippen molar-refractivity contribution >= 4 is 28.6 Å². The number of aromatic nitrogens is 2. The van der Waals surface area contributed by atoms with E-state index >= 15 is 0 Å². The van der Waals surface area contributed by atoms with E-state index in [1.807, 2.05) is 0 Å². The second-order valence-corrected chi connectivity index (χ2v) is 4.10. The molecule has 0 bridgehead atoms. The number of halogens is 1. The molecule has 1 saturated carbocycles. The Labute approximate surface area is 89.4 Å². The van der Waals surface area contributed by atoms with Crippen LogP contribution in [0.4, 0.5) is 0 Å². The van der Waals surface area contributed by atoms with Gasteiger partial charge in [-0.05, 0) is 35.4 Å². The van der Waals surface area contributed by atoms with Gasteiger partial charge in [0, 0.05) is 7.05 Å². The van der Waals surface area contributed by atoms with Crippen molar-refractivity contribution in [1.29, 1.82) is 0 Å². The Morgan fingerprint density at radius 1 is 1.77 bits per heavy atom. The molecule has 0 aromatic carbocycles. The zero-order valence-corrected chi connectivity index (χ0v) is 9.32. The van der Waals surface area contributed by atoms with Crippen LogP contribution in [0.5, 0.6) is 0 Å². The van der Waals surface area contributed by atoms with Gasteiger partial charge < -0.3 is 4.74 Å². The number of ether oxygens (including phenoxy) is 1. The number of aryl methyl sites for hydroxylation is 1. The molecule has 0 saturated heterocycles. The molecular weight excluding hydrogens is 283 g/mol. The van der Waals surface area contributed by atoms with Gasteiger partial charge in [0.2, 0.25) is 0 Å². The average molecular weight is 292 g/mol. The van der Waals surface area contributed by atoms with Gasteiger partial charge in [-0.1, -0.05) is 0 Å². The first-order valence-electron chi connectivity index (χ1n) is 4.07. The zero-order valence-electron chi connectivity index (χ0n) is 7.16. The van der Waals surface area contributed by atoms with E-state index in [1.54, 1.807) is 17.9 Å². The van der Waals surface area contributed by atoms with Gasteiger partial charge >= 0.3 is 5.97 Å². The largest absolute Gasteiger partial charge is 0.459 e. The van der Waals surface area contributed by atoms with Crippen LogP contribution in [0.2, 0.25) is 0 Å². The molecule has 70 valence electrons. The molecule has 1 aromatic rings. The molecule has 0 radical (unpaired) electrons. The summed E-state index contributed by atoms with van der Waals surface area (Å²) >= 11 is 2.08. The molecule has 0 spiro atoms. The van der Waals surface area contributed by atoms with E-state index < -0.39 is 0 Å². The first-order valence-corrected chi connectivity index (χ1v) is 5.15. The SMILES string of the molecule is Cn1ncc(C(=O)OC2CC2)c1I. The van der Waals surface area contributed by atoms with Crippen LogP contribution in [-0.2, 0) is 11.8 Å². The molecular formula is C8H9IN2O2. The first-order chi connectivity index (χ1) is 6.18. The maximum Gasteiger partial charge on any atom is 0.342 e. The highest BCUT2D eigenvalue weighted by Gasteiger charge is 2.28. The molecule has 1 aliphatic rings. The fourth-order valence-electron chi connectivity index (χ4n) is 0.960. The Balaban J connectivity index is 2.14. The number of carbonyl (C=O) groups excluding carboxylic acids is 1. The molecule has 1 fully saturated rings. The second kappa shape index (κ2) is 3.28. The third-order valence-electron chi connectivity index (χ3n) is 1.88. The van der Waals surface area contributed by atoms with Gasteiger partial charge in [0.05, 0.1) is 6.20 Å². The molecule has 0 aliphatic heterocycles. The van der Waals surface area contributed by atoms with Crippen LogP contribution in [0.1, 0.15) is 23.2 Å². The van der Waals surface area contributed by atoms with Gasteiger partial charge in [0.15, 0.2) is 0 Å². The highest BCUT2D eigenvalue weighted by atomic mass is 127. The Kier molecular flexibility index (Phi) is 2.27. The van der Waals surface area contributed by atoms with Crippen LogP contribution >= 0.6 is 22.6 Å². The summed E-state index contributed by atoms with van der Waals surface area (Å²) in [5.74, 6) is -0.250. The van der Waals surface area contributed by atoms with Crippen LogP contribution in [0.3, 0.4) is 0 Å². The number of hydrogen-bond donors (Lipinski definition) is 0. The Bertz CT molecular complexity index is 344. The minimum Gasteiger partial charge on any atom is -0.459 e. The van der Waals surface area contributed by atoms with Crippen molar-refractivity contribution in [2.45, 2.75) is 18.9 Å². The lowest BCUT2D eigenvalue weighted by Crippen LogP contribution is -2.07. The minimum absolute atomic E-state index is 0.156. The highest BCUT2D eigenvalue weighted by molar-refractivity contribution is 14.1. The summed E-state index contributed by atoms with van der Waals surface area (Å²) in [6.45, 7) is 0. The van der Waals surface area contributed by atoms with Crippen molar-refractivity contribution < 1.29 is 9.53 Å². The summed E-state index contributed by atoms with van der Waals surface area (Å²) in [6, 6.07) is 0. The predicted octanol–water partition coefficient (Wildman–Crippen LogP) is 1.34. The van der Waals surface area contributed by atoms with Gasteiger partial charge in [0.1, 0.15) is 15.4 Å². The summed E-state index contributed by atoms with van der Waals surface area (Å²) in [4.78, 5) is 11.4. The lowest BCUT2D eigenvalue weighted by atomic mass is 10.4. The molecule has 0 N–H and O–H groups in total. The Morgan fingerprint density at radius 3 is 2.92 bits per heavy atom. The molecule has 1 aromatic heterocycles. The van der Waals surface area contributed by atoms with E-state index in [1.165, 1.54) is 0 Å². The third kappa shape index (κ3) is 1.84. The topological polar surface area (TPSA) is 44.1 Å². The number of carbonyl (C=O) groups is 1. The van der Waals surface area contributed by atoms with Crippen molar-refractivity contribution in [3.05, 3.63) is 15.5 Å². The van der Waals surface area contributed by atoms with Crippen LogP contribution in [0.15, 0.2) is 6.20 Å². The molecule has 1 aliphatic carbocycles. The van der Waals surface area contributed by atoms with Crippen LogP contribution in [0, 0.1) is 3.70 Å². The lowest BCUT2D eigenvalue weighted by molar-refractivity contribution is 0.0471. The Morgan fingerprint density at radius 2 is 2.46 bits per heavy atom. The van der Waals surface area contributed by atoms with Crippen LogP contribution in [0.25, 0.3) is 0 Å². The fourth-order valence-corrected chi connectivity index (χ4v) is 1.44. The highest BCUT2D eigenvalue weighted by Crippen LogP contribution is 2.25. The maximum absolute atomic E-state index is 11.4. The van der Waals surface area contributed by atoms with E-state index in [0.717, 1.165) is 16.5 Å². The normalized spacial score (nSPS) is 15.8. The molecule has 0 unspecified atom stereocenters. The molecule has 4 nitrogen and oxygen atoms in total. The van der Waals surface area contributed by atoms with E-state index in [0.29, 0.717) is 5.56 Å². The minimum atomic E-state index is -0.250. The molecule has 1 heterocycles. The maximum atomic E-state index is 11.4. The number of rotatable bonds is 2. The second-order valence-electron chi connectivity index (χ2n) is 3.08. The van der Waals surface area contributed by atoms with Crippen molar-refractivity contribution in [1.82, 2.24) is 9.78 Å². The summed E-state index contributed by atoms with van der Waals surface area (Å²) < 4.78 is 7.62. The van der Waals surface area contributed by atoms with Crippen molar-refractivity contribution in [2.24, 2.45) is 7.05 Å². The van der Waals surface area contributed by atoms with Crippen LogP contribution in [-0.4, -0.2) is 21.9 Å². The van der Waals surface area contributed by atoms with Gasteiger partial charge in [0.25, 0.3) is 0 Å². The predicted molar refractivity (Wildman–Crippen MR) is 54.4 cm³/mol. The van der Waals surface area contributed by atoms with E-state index in [2.05, 4.69) is 27.7 Å².